The standard InChI is InChI=1S/C19H22ClNO2/c1-4-21(12-16-8-6-5-7-9-16)18(22)13-23-17-10-14(2)19(20)15(3)11-17/h5-11H,4,12-13H2,1-3H3. The van der Waals surface area contributed by atoms with Crippen molar-refractivity contribution in [3.05, 3.63) is 64.2 Å². The van der Waals surface area contributed by atoms with Crippen LogP contribution in [0.15, 0.2) is 42.5 Å². The zero-order valence-electron chi connectivity index (χ0n) is 13.8. The van der Waals surface area contributed by atoms with Crippen molar-refractivity contribution in [1.29, 1.82) is 0 Å². The van der Waals surface area contributed by atoms with Crippen molar-refractivity contribution in [2.45, 2.75) is 27.3 Å². The minimum absolute atomic E-state index is 0.0263. The molecular formula is C19H22ClNO2. The summed E-state index contributed by atoms with van der Waals surface area (Å²) in [4.78, 5) is 14.1. The summed E-state index contributed by atoms with van der Waals surface area (Å²) < 4.78 is 5.66. The second-order valence-corrected chi connectivity index (χ2v) is 5.93. The minimum Gasteiger partial charge on any atom is -0.484 e. The molecule has 0 aliphatic heterocycles. The Morgan fingerprint density at radius 2 is 1.74 bits per heavy atom. The number of likely N-dealkylation sites (N-methyl/N-ethyl adjacent to an activating group) is 1. The van der Waals surface area contributed by atoms with Crippen LogP contribution < -0.4 is 4.74 Å². The van der Waals surface area contributed by atoms with Gasteiger partial charge in [-0.3, -0.25) is 4.79 Å². The summed E-state index contributed by atoms with van der Waals surface area (Å²) in [5, 5.41) is 0.739. The maximum Gasteiger partial charge on any atom is 0.260 e. The summed E-state index contributed by atoms with van der Waals surface area (Å²) in [5.41, 5.74) is 3.01. The Balaban J connectivity index is 1.97. The van der Waals surface area contributed by atoms with E-state index in [1.807, 2.05) is 63.2 Å². The first-order valence-electron chi connectivity index (χ1n) is 7.72. The fourth-order valence-electron chi connectivity index (χ4n) is 2.41. The van der Waals surface area contributed by atoms with Crippen molar-refractivity contribution >= 4 is 17.5 Å². The van der Waals surface area contributed by atoms with E-state index in [9.17, 15) is 4.79 Å². The molecule has 0 atom stereocenters. The third-order valence-electron chi connectivity index (χ3n) is 3.72. The molecule has 0 saturated heterocycles. The lowest BCUT2D eigenvalue weighted by molar-refractivity contribution is -0.133. The van der Waals surface area contributed by atoms with Crippen molar-refractivity contribution in [2.75, 3.05) is 13.2 Å². The van der Waals surface area contributed by atoms with E-state index in [1.165, 1.54) is 0 Å². The van der Waals surface area contributed by atoms with E-state index in [4.69, 9.17) is 16.3 Å². The average molecular weight is 332 g/mol. The highest BCUT2D eigenvalue weighted by Gasteiger charge is 2.13. The summed E-state index contributed by atoms with van der Waals surface area (Å²) in [7, 11) is 0. The average Bonchev–Trinajstić information content (AvgIpc) is 2.56. The zero-order chi connectivity index (χ0) is 16.8. The molecule has 0 fully saturated rings. The molecule has 2 aromatic carbocycles. The highest BCUT2D eigenvalue weighted by molar-refractivity contribution is 6.32. The smallest absolute Gasteiger partial charge is 0.260 e. The number of benzene rings is 2. The van der Waals surface area contributed by atoms with Crippen molar-refractivity contribution in [1.82, 2.24) is 4.90 Å². The largest absolute Gasteiger partial charge is 0.484 e. The molecule has 122 valence electrons. The predicted molar refractivity (Wildman–Crippen MR) is 94.0 cm³/mol. The van der Waals surface area contributed by atoms with Crippen LogP contribution in [0.2, 0.25) is 5.02 Å². The Bertz CT molecular complexity index is 647. The van der Waals surface area contributed by atoms with Crippen LogP contribution in [0, 0.1) is 13.8 Å². The molecular weight excluding hydrogens is 310 g/mol. The quantitative estimate of drug-likeness (QED) is 0.786. The Kier molecular flexibility index (Phi) is 6.05. The van der Waals surface area contributed by atoms with E-state index in [-0.39, 0.29) is 12.5 Å². The number of aryl methyl sites for hydroxylation is 2. The number of halogens is 1. The number of hydrogen-bond acceptors (Lipinski definition) is 2. The number of carbonyl (C=O) groups excluding carboxylic acids is 1. The van der Waals surface area contributed by atoms with Gasteiger partial charge in [-0.05, 0) is 49.6 Å². The van der Waals surface area contributed by atoms with Gasteiger partial charge in [0.25, 0.3) is 5.91 Å². The molecule has 0 N–H and O–H groups in total. The molecule has 0 heterocycles. The summed E-state index contributed by atoms with van der Waals surface area (Å²) in [6.45, 7) is 7.10. The third-order valence-corrected chi connectivity index (χ3v) is 4.32. The van der Waals surface area contributed by atoms with Gasteiger partial charge in [-0.15, -0.1) is 0 Å². The van der Waals surface area contributed by atoms with Gasteiger partial charge in [0, 0.05) is 18.1 Å². The predicted octanol–water partition coefficient (Wildman–Crippen LogP) is 4.38. The first kappa shape index (κ1) is 17.4. The molecule has 23 heavy (non-hydrogen) atoms. The maximum absolute atomic E-state index is 12.4. The summed E-state index contributed by atoms with van der Waals surface area (Å²) >= 11 is 6.14. The van der Waals surface area contributed by atoms with Gasteiger partial charge in [0.2, 0.25) is 0 Å². The maximum atomic E-state index is 12.4. The molecule has 2 aromatic rings. The fourth-order valence-corrected chi connectivity index (χ4v) is 2.52. The molecule has 3 nitrogen and oxygen atoms in total. The molecule has 0 unspecified atom stereocenters. The van der Waals surface area contributed by atoms with Crippen LogP contribution in [0.4, 0.5) is 0 Å². The van der Waals surface area contributed by atoms with Crippen LogP contribution in [-0.4, -0.2) is 24.0 Å². The molecule has 1 amide bonds. The summed E-state index contributed by atoms with van der Waals surface area (Å²) in [6, 6.07) is 13.7. The number of amides is 1. The lowest BCUT2D eigenvalue weighted by Crippen LogP contribution is -2.34. The molecule has 0 bridgehead atoms. The molecule has 2 rings (SSSR count). The molecule has 0 aliphatic rings. The van der Waals surface area contributed by atoms with Crippen molar-refractivity contribution in [3.8, 4) is 5.75 Å². The van der Waals surface area contributed by atoms with E-state index < -0.39 is 0 Å². The van der Waals surface area contributed by atoms with Gasteiger partial charge >= 0.3 is 0 Å². The number of carbonyl (C=O) groups is 1. The number of nitrogens with zero attached hydrogens (tertiary/aromatic N) is 1. The van der Waals surface area contributed by atoms with E-state index in [1.54, 1.807) is 4.90 Å². The number of hydrogen-bond donors (Lipinski definition) is 0. The van der Waals surface area contributed by atoms with Crippen LogP contribution in [0.25, 0.3) is 0 Å². The van der Waals surface area contributed by atoms with Crippen LogP contribution in [0.1, 0.15) is 23.6 Å². The van der Waals surface area contributed by atoms with E-state index in [2.05, 4.69) is 0 Å². The van der Waals surface area contributed by atoms with Crippen LogP contribution in [0.5, 0.6) is 5.75 Å². The van der Waals surface area contributed by atoms with Gasteiger partial charge in [-0.1, -0.05) is 41.9 Å². The van der Waals surface area contributed by atoms with Gasteiger partial charge in [0.15, 0.2) is 6.61 Å². The second kappa shape index (κ2) is 8.02. The van der Waals surface area contributed by atoms with Gasteiger partial charge in [-0.25, -0.2) is 0 Å². The molecule has 4 heteroatoms. The molecule has 0 radical (unpaired) electrons. The monoisotopic (exact) mass is 331 g/mol. The highest BCUT2D eigenvalue weighted by Crippen LogP contribution is 2.25. The van der Waals surface area contributed by atoms with E-state index in [0.29, 0.717) is 18.8 Å². The lowest BCUT2D eigenvalue weighted by Gasteiger charge is -2.21. The van der Waals surface area contributed by atoms with Crippen LogP contribution in [-0.2, 0) is 11.3 Å². The Hall–Kier alpha value is -2.00. The third kappa shape index (κ3) is 4.73. The number of ether oxygens (including phenoxy) is 1. The lowest BCUT2D eigenvalue weighted by atomic mass is 10.1. The van der Waals surface area contributed by atoms with Gasteiger partial charge in [0.1, 0.15) is 5.75 Å². The SMILES string of the molecule is CCN(Cc1ccccc1)C(=O)COc1cc(C)c(Cl)c(C)c1. The minimum atomic E-state index is -0.0263. The summed E-state index contributed by atoms with van der Waals surface area (Å²) in [5.74, 6) is 0.648. The van der Waals surface area contributed by atoms with E-state index in [0.717, 1.165) is 21.7 Å². The Morgan fingerprint density at radius 1 is 1.13 bits per heavy atom. The van der Waals surface area contributed by atoms with Crippen molar-refractivity contribution in [2.24, 2.45) is 0 Å². The topological polar surface area (TPSA) is 29.5 Å². The van der Waals surface area contributed by atoms with E-state index >= 15 is 0 Å². The van der Waals surface area contributed by atoms with Gasteiger partial charge in [-0.2, -0.15) is 0 Å². The Labute approximate surface area is 142 Å². The van der Waals surface area contributed by atoms with Crippen LogP contribution >= 0.6 is 11.6 Å². The number of rotatable bonds is 6. The molecule has 0 saturated carbocycles. The molecule has 0 aliphatic carbocycles. The Morgan fingerprint density at radius 3 is 2.30 bits per heavy atom. The fraction of sp³-hybridized carbons (Fsp3) is 0.316. The highest BCUT2D eigenvalue weighted by atomic mass is 35.5. The molecule has 0 spiro atoms. The van der Waals surface area contributed by atoms with Crippen molar-refractivity contribution in [3.63, 3.8) is 0 Å². The van der Waals surface area contributed by atoms with Gasteiger partial charge < -0.3 is 9.64 Å². The first-order chi connectivity index (χ1) is 11.0. The summed E-state index contributed by atoms with van der Waals surface area (Å²) in [6.07, 6.45) is 0. The first-order valence-corrected chi connectivity index (χ1v) is 8.10. The molecule has 0 aromatic heterocycles. The van der Waals surface area contributed by atoms with Crippen molar-refractivity contribution < 1.29 is 9.53 Å². The zero-order valence-corrected chi connectivity index (χ0v) is 14.6. The van der Waals surface area contributed by atoms with Gasteiger partial charge in [0.05, 0.1) is 0 Å². The van der Waals surface area contributed by atoms with Crippen LogP contribution in [0.3, 0.4) is 0 Å². The normalized spacial score (nSPS) is 10.4. The second-order valence-electron chi connectivity index (χ2n) is 5.55.